The van der Waals surface area contributed by atoms with Gasteiger partial charge < -0.3 is 5.32 Å². The number of halogens is 3. The van der Waals surface area contributed by atoms with Crippen molar-refractivity contribution in [3.05, 3.63) is 43.3 Å². The third-order valence-electron chi connectivity index (χ3n) is 2.41. The first kappa shape index (κ1) is 15.0. The molecule has 0 saturated heterocycles. The van der Waals surface area contributed by atoms with Gasteiger partial charge in [0.25, 0.3) is 0 Å². The van der Waals surface area contributed by atoms with Crippen molar-refractivity contribution >= 4 is 61.6 Å². The Labute approximate surface area is 139 Å². The van der Waals surface area contributed by atoms with Gasteiger partial charge in [-0.1, -0.05) is 18.5 Å². The number of hydrogen-bond acceptors (Lipinski definition) is 3. The standard InChI is InChI=1S/C13H12BrClIN3/c1-2-3-12-18-11(14)7-13(19-12)17-10-5-4-8(15)6-9(10)16/h4-7H,2-3H2,1H3,(H,17,18,19). The fourth-order valence-corrected chi connectivity index (χ4v) is 3.02. The normalized spacial score (nSPS) is 10.5. The topological polar surface area (TPSA) is 37.8 Å². The molecular weight excluding hydrogens is 440 g/mol. The number of aryl methyl sites for hydroxylation is 1. The van der Waals surface area contributed by atoms with E-state index in [0.717, 1.165) is 43.4 Å². The van der Waals surface area contributed by atoms with Crippen LogP contribution in [0.2, 0.25) is 5.02 Å². The molecule has 1 aromatic heterocycles. The number of benzene rings is 1. The summed E-state index contributed by atoms with van der Waals surface area (Å²) in [6, 6.07) is 7.58. The zero-order valence-electron chi connectivity index (χ0n) is 10.3. The maximum absolute atomic E-state index is 5.95. The van der Waals surface area contributed by atoms with Crippen LogP contribution in [-0.4, -0.2) is 9.97 Å². The first-order valence-electron chi connectivity index (χ1n) is 5.84. The third-order valence-corrected chi connectivity index (χ3v) is 3.94. The molecule has 1 heterocycles. The van der Waals surface area contributed by atoms with Crippen LogP contribution in [0.15, 0.2) is 28.9 Å². The Kier molecular flexibility index (Phi) is 5.41. The zero-order valence-corrected chi connectivity index (χ0v) is 14.8. The van der Waals surface area contributed by atoms with Crippen LogP contribution < -0.4 is 5.32 Å². The molecule has 1 aromatic carbocycles. The van der Waals surface area contributed by atoms with Crippen molar-refractivity contribution in [3.8, 4) is 0 Å². The van der Waals surface area contributed by atoms with Crippen LogP contribution in [0, 0.1) is 3.57 Å². The molecule has 0 saturated carbocycles. The van der Waals surface area contributed by atoms with Crippen molar-refractivity contribution < 1.29 is 0 Å². The number of nitrogens with one attached hydrogen (secondary N) is 1. The Morgan fingerprint density at radius 3 is 2.79 bits per heavy atom. The number of rotatable bonds is 4. The molecule has 0 aliphatic heterocycles. The molecule has 6 heteroatoms. The molecule has 0 bridgehead atoms. The molecule has 2 rings (SSSR count). The first-order valence-corrected chi connectivity index (χ1v) is 8.09. The van der Waals surface area contributed by atoms with Gasteiger partial charge in [-0.05, 0) is 63.1 Å². The van der Waals surface area contributed by atoms with Crippen LogP contribution in [0.4, 0.5) is 11.5 Å². The summed E-state index contributed by atoms with van der Waals surface area (Å²) >= 11 is 11.6. The summed E-state index contributed by atoms with van der Waals surface area (Å²) in [4.78, 5) is 8.84. The number of hydrogen-bond donors (Lipinski definition) is 1. The van der Waals surface area contributed by atoms with Gasteiger partial charge in [0.15, 0.2) is 0 Å². The summed E-state index contributed by atoms with van der Waals surface area (Å²) in [5.41, 5.74) is 0.984. The van der Waals surface area contributed by atoms with Crippen LogP contribution in [0.5, 0.6) is 0 Å². The van der Waals surface area contributed by atoms with E-state index in [1.807, 2.05) is 24.3 Å². The fourth-order valence-electron chi connectivity index (χ4n) is 1.59. The highest BCUT2D eigenvalue weighted by molar-refractivity contribution is 14.1. The first-order chi connectivity index (χ1) is 9.08. The van der Waals surface area contributed by atoms with Crippen molar-refractivity contribution in [1.29, 1.82) is 0 Å². The highest BCUT2D eigenvalue weighted by atomic mass is 127. The fraction of sp³-hybridized carbons (Fsp3) is 0.231. The van der Waals surface area contributed by atoms with Gasteiger partial charge in [0.2, 0.25) is 0 Å². The molecule has 0 spiro atoms. The summed E-state index contributed by atoms with van der Waals surface area (Å²) in [5.74, 6) is 1.62. The van der Waals surface area contributed by atoms with Crippen molar-refractivity contribution in [1.82, 2.24) is 9.97 Å². The van der Waals surface area contributed by atoms with Crippen LogP contribution in [0.25, 0.3) is 0 Å². The lowest BCUT2D eigenvalue weighted by molar-refractivity contribution is 0.831. The summed E-state index contributed by atoms with van der Waals surface area (Å²) in [6.45, 7) is 2.11. The van der Waals surface area contributed by atoms with Crippen LogP contribution >= 0.6 is 50.1 Å². The Morgan fingerprint density at radius 1 is 1.32 bits per heavy atom. The molecular formula is C13H12BrClIN3. The van der Waals surface area contributed by atoms with Gasteiger partial charge in [-0.2, -0.15) is 0 Å². The van der Waals surface area contributed by atoms with Crippen LogP contribution in [-0.2, 0) is 6.42 Å². The molecule has 0 aliphatic rings. The van der Waals surface area contributed by atoms with Gasteiger partial charge in [-0.25, -0.2) is 9.97 Å². The van der Waals surface area contributed by atoms with Gasteiger partial charge in [-0.15, -0.1) is 0 Å². The SMILES string of the molecule is CCCc1nc(Br)cc(Nc2ccc(Cl)cc2I)n1. The summed E-state index contributed by atoms with van der Waals surface area (Å²) < 4.78 is 1.84. The molecule has 0 unspecified atom stereocenters. The van der Waals surface area contributed by atoms with Crippen molar-refractivity contribution in [3.63, 3.8) is 0 Å². The largest absolute Gasteiger partial charge is 0.339 e. The predicted octanol–water partition coefficient (Wildman–Crippen LogP) is 5.19. The van der Waals surface area contributed by atoms with E-state index in [0.29, 0.717) is 0 Å². The lowest BCUT2D eigenvalue weighted by Crippen LogP contribution is -2.01. The molecule has 3 nitrogen and oxygen atoms in total. The van der Waals surface area contributed by atoms with E-state index in [1.54, 1.807) is 0 Å². The van der Waals surface area contributed by atoms with Crippen molar-refractivity contribution in [2.45, 2.75) is 19.8 Å². The third kappa shape index (κ3) is 4.29. The minimum absolute atomic E-state index is 0.727. The molecule has 0 aliphatic carbocycles. The minimum atomic E-state index is 0.727. The van der Waals surface area contributed by atoms with Crippen molar-refractivity contribution in [2.24, 2.45) is 0 Å². The maximum Gasteiger partial charge on any atom is 0.135 e. The smallest absolute Gasteiger partial charge is 0.135 e. The second-order valence-corrected chi connectivity index (χ2v) is 6.40. The molecule has 100 valence electrons. The Balaban J connectivity index is 2.27. The Morgan fingerprint density at radius 2 is 2.11 bits per heavy atom. The molecule has 1 N–H and O–H groups in total. The van der Waals surface area contributed by atoms with Crippen LogP contribution in [0.1, 0.15) is 19.2 Å². The summed E-state index contributed by atoms with van der Waals surface area (Å²) in [5, 5.41) is 4.02. The molecule has 0 atom stereocenters. The lowest BCUT2D eigenvalue weighted by Gasteiger charge is -2.09. The molecule has 2 aromatic rings. The second-order valence-electron chi connectivity index (χ2n) is 3.99. The highest BCUT2D eigenvalue weighted by Crippen LogP contribution is 2.25. The molecule has 0 amide bonds. The van der Waals surface area contributed by atoms with Gasteiger partial charge >= 0.3 is 0 Å². The van der Waals surface area contributed by atoms with E-state index >= 15 is 0 Å². The van der Waals surface area contributed by atoms with E-state index < -0.39 is 0 Å². The molecule has 0 radical (unpaired) electrons. The van der Waals surface area contributed by atoms with E-state index in [2.05, 4.69) is 60.7 Å². The maximum atomic E-state index is 5.95. The number of nitrogens with zero attached hydrogens (tertiary/aromatic N) is 2. The predicted molar refractivity (Wildman–Crippen MR) is 91.2 cm³/mol. The van der Waals surface area contributed by atoms with Crippen LogP contribution in [0.3, 0.4) is 0 Å². The average Bonchev–Trinajstić information content (AvgIpc) is 2.32. The average molecular weight is 453 g/mol. The number of aromatic nitrogens is 2. The quantitative estimate of drug-likeness (QED) is 0.512. The number of anilines is 2. The summed E-state index contributed by atoms with van der Waals surface area (Å²) in [7, 11) is 0. The lowest BCUT2D eigenvalue weighted by atomic mass is 10.3. The summed E-state index contributed by atoms with van der Waals surface area (Å²) in [6.07, 6.45) is 1.89. The van der Waals surface area contributed by atoms with Gasteiger partial charge in [0.05, 0.1) is 5.69 Å². The monoisotopic (exact) mass is 451 g/mol. The van der Waals surface area contributed by atoms with Gasteiger partial charge in [-0.3, -0.25) is 0 Å². The molecule has 0 fully saturated rings. The second kappa shape index (κ2) is 6.85. The van der Waals surface area contributed by atoms with E-state index in [-0.39, 0.29) is 0 Å². The highest BCUT2D eigenvalue weighted by Gasteiger charge is 2.05. The van der Waals surface area contributed by atoms with E-state index in [4.69, 9.17) is 11.6 Å². The molecule has 19 heavy (non-hydrogen) atoms. The van der Waals surface area contributed by atoms with Gasteiger partial charge in [0, 0.05) is 21.1 Å². The zero-order chi connectivity index (χ0) is 13.8. The van der Waals surface area contributed by atoms with Crippen molar-refractivity contribution in [2.75, 3.05) is 5.32 Å². The Hall–Kier alpha value is -0.400. The Bertz CT molecular complexity index is 592. The van der Waals surface area contributed by atoms with E-state index in [1.165, 1.54) is 0 Å². The van der Waals surface area contributed by atoms with Gasteiger partial charge in [0.1, 0.15) is 16.2 Å². The van der Waals surface area contributed by atoms with E-state index in [9.17, 15) is 0 Å². The minimum Gasteiger partial charge on any atom is -0.339 e.